The first-order valence-electron chi connectivity index (χ1n) is 12.3. The number of nitrogens with two attached hydrogens (primary N) is 1. The Morgan fingerprint density at radius 2 is 1.78 bits per heavy atom. The van der Waals surface area contributed by atoms with Gasteiger partial charge in [-0.1, -0.05) is 13.8 Å². The summed E-state index contributed by atoms with van der Waals surface area (Å²) in [6.07, 6.45) is 3.79. The van der Waals surface area contributed by atoms with E-state index in [-0.39, 0.29) is 24.1 Å². The zero-order chi connectivity index (χ0) is 27.0. The van der Waals surface area contributed by atoms with Crippen molar-refractivity contribution in [3.63, 3.8) is 0 Å². The molecule has 1 unspecified atom stereocenters. The summed E-state index contributed by atoms with van der Waals surface area (Å²) >= 11 is 0. The van der Waals surface area contributed by atoms with Crippen LogP contribution in [0.4, 0.5) is 20.4 Å². The van der Waals surface area contributed by atoms with Crippen LogP contribution < -0.4 is 16.1 Å². The van der Waals surface area contributed by atoms with E-state index in [9.17, 15) is 13.6 Å². The molecule has 2 aliphatic rings. The lowest BCUT2D eigenvalue weighted by atomic mass is 10.3. The molecule has 10 nitrogen and oxygen atoms in total. The van der Waals surface area contributed by atoms with Gasteiger partial charge in [0.25, 0.3) is 5.91 Å². The molecule has 0 bridgehead atoms. The van der Waals surface area contributed by atoms with Crippen molar-refractivity contribution in [1.82, 2.24) is 20.1 Å². The van der Waals surface area contributed by atoms with E-state index in [1.54, 1.807) is 6.20 Å². The van der Waals surface area contributed by atoms with Gasteiger partial charge in [0, 0.05) is 19.3 Å². The molecule has 202 valence electrons. The van der Waals surface area contributed by atoms with Gasteiger partial charge >= 0.3 is 0 Å². The van der Waals surface area contributed by atoms with Gasteiger partial charge < -0.3 is 20.1 Å². The highest BCUT2D eigenvalue weighted by Crippen LogP contribution is 2.23. The summed E-state index contributed by atoms with van der Waals surface area (Å²) in [6, 6.07) is 6.19. The van der Waals surface area contributed by atoms with Gasteiger partial charge in [0.1, 0.15) is 35.7 Å². The van der Waals surface area contributed by atoms with Gasteiger partial charge in [0.15, 0.2) is 17.3 Å². The topological polar surface area (TPSA) is 116 Å². The molecule has 5 rings (SSSR count). The second-order valence-corrected chi connectivity index (χ2v) is 8.64. The number of carbonyl (C=O) groups is 1. The Morgan fingerprint density at radius 3 is 2.35 bits per heavy atom. The van der Waals surface area contributed by atoms with Crippen molar-refractivity contribution in [3.05, 3.63) is 53.7 Å². The standard InChI is InChI=1S/C17H24N6O4.C6H4F2.C2H6/c1-17(2)25-9-11(27-17)10-26-21-16(24)13-14(18)20-23-8-5-12(19-15(13)23)22-6-3-4-7-22;7-5-1-2-6(8)4-3-5;1-2/h5,8,11H,3-4,6-7,9-10H2,1-2H3,(H2,18,20)(H,21,24);1-4H;1-2H3. The third kappa shape index (κ3) is 7.57. The molecule has 3 aromatic rings. The second kappa shape index (κ2) is 12.7. The molecule has 0 spiro atoms. The van der Waals surface area contributed by atoms with Crippen molar-refractivity contribution in [1.29, 1.82) is 0 Å². The van der Waals surface area contributed by atoms with Crippen molar-refractivity contribution in [3.8, 4) is 0 Å². The van der Waals surface area contributed by atoms with Crippen LogP contribution in [0, 0.1) is 11.6 Å². The van der Waals surface area contributed by atoms with Crippen molar-refractivity contribution in [2.24, 2.45) is 0 Å². The van der Waals surface area contributed by atoms with E-state index in [0.717, 1.165) is 56.0 Å². The van der Waals surface area contributed by atoms with Gasteiger partial charge in [-0.3, -0.25) is 9.63 Å². The predicted molar refractivity (Wildman–Crippen MR) is 135 cm³/mol. The molecular formula is C25H34F2N6O4. The summed E-state index contributed by atoms with van der Waals surface area (Å²) in [5.41, 5.74) is 8.94. The smallest absolute Gasteiger partial charge is 0.282 e. The van der Waals surface area contributed by atoms with Crippen LogP contribution in [-0.2, 0) is 14.3 Å². The SMILES string of the molecule is CC.CC1(C)OCC(CONC(=O)c2c(N)nn3ccc(N4CCCC4)nc23)O1.Fc1ccc(F)cc1. The van der Waals surface area contributed by atoms with Crippen LogP contribution in [0.25, 0.3) is 5.65 Å². The third-order valence-electron chi connectivity index (χ3n) is 5.46. The Hall–Kier alpha value is -3.35. The zero-order valence-electron chi connectivity index (χ0n) is 21.5. The minimum absolute atomic E-state index is 0.101. The molecule has 12 heteroatoms. The number of halogens is 2. The fraction of sp³-hybridized carbons (Fsp3) is 0.480. The summed E-state index contributed by atoms with van der Waals surface area (Å²) in [5.74, 6) is -1.04. The van der Waals surface area contributed by atoms with Crippen LogP contribution in [0.15, 0.2) is 36.5 Å². The first-order valence-corrected chi connectivity index (χ1v) is 12.3. The molecule has 1 atom stereocenters. The average molecular weight is 521 g/mol. The Bertz CT molecular complexity index is 1140. The number of rotatable bonds is 5. The summed E-state index contributed by atoms with van der Waals surface area (Å²) in [6.45, 7) is 10.1. The van der Waals surface area contributed by atoms with Crippen LogP contribution in [0.1, 0.15) is 50.9 Å². The highest BCUT2D eigenvalue weighted by molar-refractivity contribution is 6.03. The number of nitrogens with zero attached hydrogens (tertiary/aromatic N) is 4. The number of nitrogens with one attached hydrogen (secondary N) is 1. The molecule has 37 heavy (non-hydrogen) atoms. The van der Waals surface area contributed by atoms with Crippen LogP contribution in [0.3, 0.4) is 0 Å². The maximum Gasteiger partial charge on any atom is 0.282 e. The van der Waals surface area contributed by atoms with E-state index in [4.69, 9.17) is 20.0 Å². The Balaban J connectivity index is 0.000000322. The normalized spacial score (nSPS) is 18.1. The molecule has 3 N–H and O–H groups in total. The van der Waals surface area contributed by atoms with Crippen LogP contribution in [0.2, 0.25) is 0 Å². The average Bonchev–Trinajstić information content (AvgIpc) is 3.60. The number of aromatic nitrogens is 3. The quantitative estimate of drug-likeness (QED) is 0.489. The lowest BCUT2D eigenvalue weighted by Gasteiger charge is -2.17. The van der Waals surface area contributed by atoms with Crippen LogP contribution in [-0.4, -0.2) is 58.7 Å². The number of nitrogen functional groups attached to an aromatic ring is 1. The fourth-order valence-electron chi connectivity index (χ4n) is 3.80. The number of carbonyl (C=O) groups excluding carboxylic acids is 1. The van der Waals surface area contributed by atoms with Gasteiger partial charge in [0.2, 0.25) is 0 Å². The molecule has 1 amide bonds. The number of fused-ring (bicyclic) bond motifs is 1. The molecule has 2 aliphatic heterocycles. The third-order valence-corrected chi connectivity index (χ3v) is 5.46. The van der Waals surface area contributed by atoms with Crippen LogP contribution in [0.5, 0.6) is 0 Å². The van der Waals surface area contributed by atoms with Gasteiger partial charge in [-0.2, -0.15) is 0 Å². The molecule has 2 aromatic heterocycles. The second-order valence-electron chi connectivity index (χ2n) is 8.64. The number of hydrogen-bond acceptors (Lipinski definition) is 8. The molecule has 0 saturated carbocycles. The maximum atomic E-state index is 12.6. The van der Waals surface area contributed by atoms with E-state index >= 15 is 0 Å². The zero-order valence-corrected chi connectivity index (χ0v) is 21.5. The monoisotopic (exact) mass is 520 g/mol. The number of amides is 1. The molecule has 2 saturated heterocycles. The van der Waals surface area contributed by atoms with E-state index in [1.807, 2.05) is 33.8 Å². The Morgan fingerprint density at radius 1 is 1.16 bits per heavy atom. The number of ether oxygens (including phenoxy) is 2. The van der Waals surface area contributed by atoms with E-state index in [1.165, 1.54) is 4.52 Å². The largest absolute Gasteiger partial charge is 0.381 e. The summed E-state index contributed by atoms with van der Waals surface area (Å²) in [7, 11) is 0. The highest BCUT2D eigenvalue weighted by atomic mass is 19.1. The molecule has 0 aliphatic carbocycles. The van der Waals surface area contributed by atoms with E-state index < -0.39 is 23.3 Å². The van der Waals surface area contributed by atoms with Crippen LogP contribution >= 0.6 is 0 Å². The summed E-state index contributed by atoms with van der Waals surface area (Å²) in [4.78, 5) is 24.6. The predicted octanol–water partition coefficient (Wildman–Crippen LogP) is 3.72. The minimum Gasteiger partial charge on any atom is -0.381 e. The van der Waals surface area contributed by atoms with Crippen molar-refractivity contribution in [2.45, 2.75) is 52.4 Å². The lowest BCUT2D eigenvalue weighted by molar-refractivity contribution is -0.147. The number of benzene rings is 1. The van der Waals surface area contributed by atoms with Gasteiger partial charge in [-0.05, 0) is 57.0 Å². The fourth-order valence-corrected chi connectivity index (χ4v) is 3.80. The molecule has 4 heterocycles. The van der Waals surface area contributed by atoms with Gasteiger partial charge in [-0.15, -0.1) is 5.10 Å². The molecule has 0 radical (unpaired) electrons. The summed E-state index contributed by atoms with van der Waals surface area (Å²) in [5, 5.41) is 4.16. The van der Waals surface area contributed by atoms with Crippen molar-refractivity contribution >= 4 is 23.2 Å². The Kier molecular flexibility index (Phi) is 9.73. The lowest BCUT2D eigenvalue weighted by Crippen LogP contribution is -2.31. The van der Waals surface area contributed by atoms with Gasteiger partial charge in [0.05, 0.1) is 6.61 Å². The summed E-state index contributed by atoms with van der Waals surface area (Å²) < 4.78 is 36.4. The van der Waals surface area contributed by atoms with E-state index in [2.05, 4.69) is 20.5 Å². The van der Waals surface area contributed by atoms with Crippen molar-refractivity contribution < 1.29 is 27.9 Å². The number of anilines is 2. The first-order chi connectivity index (χ1) is 17.7. The van der Waals surface area contributed by atoms with Crippen molar-refractivity contribution in [2.75, 3.05) is 36.9 Å². The first kappa shape index (κ1) is 28.2. The highest BCUT2D eigenvalue weighted by Gasteiger charge is 2.33. The Labute approximate surface area is 214 Å². The number of hydrogen-bond donors (Lipinski definition) is 2. The van der Waals surface area contributed by atoms with E-state index in [0.29, 0.717) is 12.3 Å². The number of hydroxylamine groups is 1. The molecular weight excluding hydrogens is 486 g/mol. The molecule has 2 fully saturated rings. The minimum atomic E-state index is -0.638. The maximum absolute atomic E-state index is 12.6. The van der Waals surface area contributed by atoms with Gasteiger partial charge in [-0.25, -0.2) is 23.8 Å². The molecule has 1 aromatic carbocycles.